The molecule has 16 heavy (non-hydrogen) atoms. The van der Waals surface area contributed by atoms with Crippen molar-refractivity contribution in [1.82, 2.24) is 4.98 Å². The minimum absolute atomic E-state index is 0.373. The third kappa shape index (κ3) is 1.91. The Morgan fingerprint density at radius 3 is 2.56 bits per heavy atom. The molecule has 2 rings (SSSR count). The molecule has 0 aliphatic heterocycles. The number of carbonyl (C=O) groups excluding carboxylic acids is 1. The fourth-order valence-corrected chi connectivity index (χ4v) is 1.46. The van der Waals surface area contributed by atoms with Gasteiger partial charge in [0.05, 0.1) is 7.11 Å². The van der Waals surface area contributed by atoms with Crippen LogP contribution in [0.2, 0.25) is 0 Å². The fraction of sp³-hybridized carbons (Fsp3) is 0.0833. The Hall–Kier alpha value is -2.23. The Morgan fingerprint density at radius 1 is 1.25 bits per heavy atom. The molecule has 1 aromatic carbocycles. The molecule has 0 saturated heterocycles. The summed E-state index contributed by atoms with van der Waals surface area (Å²) < 4.78 is 4.61. The van der Waals surface area contributed by atoms with Crippen molar-refractivity contribution in [2.45, 2.75) is 0 Å². The molecule has 82 valence electrons. The quantitative estimate of drug-likeness (QED) is 0.596. The number of nitrogen functional groups attached to an aromatic ring is 1. The first-order valence-corrected chi connectivity index (χ1v) is 4.83. The number of nitrogens with one attached hydrogen (secondary N) is 1. The van der Waals surface area contributed by atoms with E-state index in [-0.39, 0.29) is 5.97 Å². The lowest BCUT2D eigenvalue weighted by molar-refractivity contribution is 0.0595. The molecule has 0 radical (unpaired) electrons. The molecular formula is C12H12N2O2. The Labute approximate surface area is 93.0 Å². The Balaban J connectivity index is 2.31. The molecule has 0 fully saturated rings. The summed E-state index contributed by atoms with van der Waals surface area (Å²) in [5.41, 5.74) is 8.68. The number of aromatic nitrogens is 1. The van der Waals surface area contributed by atoms with Crippen molar-refractivity contribution in [2.24, 2.45) is 0 Å². The molecule has 0 aliphatic carbocycles. The number of hydrogen-bond donors (Lipinski definition) is 2. The van der Waals surface area contributed by atoms with Crippen molar-refractivity contribution in [2.75, 3.05) is 12.8 Å². The van der Waals surface area contributed by atoms with Crippen LogP contribution in [-0.4, -0.2) is 18.1 Å². The van der Waals surface area contributed by atoms with Crippen LogP contribution >= 0.6 is 0 Å². The van der Waals surface area contributed by atoms with E-state index in [0.717, 1.165) is 11.1 Å². The molecule has 0 spiro atoms. The van der Waals surface area contributed by atoms with E-state index in [0.29, 0.717) is 11.4 Å². The Morgan fingerprint density at radius 2 is 1.94 bits per heavy atom. The molecule has 1 aromatic heterocycles. The predicted octanol–water partition coefficient (Wildman–Crippen LogP) is 2.05. The number of esters is 1. The predicted molar refractivity (Wildman–Crippen MR) is 62.0 cm³/mol. The average molecular weight is 216 g/mol. The van der Waals surface area contributed by atoms with Gasteiger partial charge in [-0.2, -0.15) is 0 Å². The third-order valence-electron chi connectivity index (χ3n) is 2.33. The number of anilines is 1. The molecule has 4 heteroatoms. The van der Waals surface area contributed by atoms with Gasteiger partial charge in [-0.3, -0.25) is 0 Å². The van der Waals surface area contributed by atoms with Gasteiger partial charge in [-0.1, -0.05) is 12.1 Å². The first-order valence-electron chi connectivity index (χ1n) is 4.83. The molecule has 1 heterocycles. The van der Waals surface area contributed by atoms with Crippen LogP contribution < -0.4 is 5.73 Å². The fourth-order valence-electron chi connectivity index (χ4n) is 1.46. The van der Waals surface area contributed by atoms with Gasteiger partial charge in [-0.15, -0.1) is 0 Å². The van der Waals surface area contributed by atoms with Crippen molar-refractivity contribution >= 4 is 11.7 Å². The van der Waals surface area contributed by atoms with Crippen molar-refractivity contribution < 1.29 is 9.53 Å². The standard InChI is InChI=1S/C12H12N2O2/c1-16-12(15)11-6-9(7-14-11)8-2-4-10(13)5-3-8/h2-7,14H,13H2,1H3. The summed E-state index contributed by atoms with van der Waals surface area (Å²) in [5, 5.41) is 0. The number of nitrogens with two attached hydrogens (primary N) is 1. The summed E-state index contributed by atoms with van der Waals surface area (Å²) in [6.45, 7) is 0. The normalized spacial score (nSPS) is 10.1. The molecule has 0 saturated carbocycles. The maximum atomic E-state index is 11.2. The molecule has 0 bridgehead atoms. The van der Waals surface area contributed by atoms with Crippen molar-refractivity contribution in [3.8, 4) is 11.1 Å². The minimum Gasteiger partial charge on any atom is -0.464 e. The molecule has 3 N–H and O–H groups in total. The van der Waals surface area contributed by atoms with Gasteiger partial charge in [-0.25, -0.2) is 4.79 Å². The molecule has 0 unspecified atom stereocenters. The van der Waals surface area contributed by atoms with Crippen molar-refractivity contribution in [3.63, 3.8) is 0 Å². The number of carbonyl (C=O) groups is 1. The number of ether oxygens (including phenoxy) is 1. The summed E-state index contributed by atoms with van der Waals surface area (Å²) in [6.07, 6.45) is 1.76. The highest BCUT2D eigenvalue weighted by Gasteiger charge is 2.08. The number of methoxy groups -OCH3 is 1. The maximum Gasteiger partial charge on any atom is 0.354 e. The summed E-state index contributed by atoms with van der Waals surface area (Å²) in [7, 11) is 1.35. The maximum absolute atomic E-state index is 11.2. The van der Waals surface area contributed by atoms with Crippen LogP contribution in [0.5, 0.6) is 0 Å². The molecule has 0 atom stereocenters. The molecule has 0 amide bonds. The molecule has 2 aromatic rings. The van der Waals surface area contributed by atoms with Crippen LogP contribution in [0.4, 0.5) is 5.69 Å². The number of benzene rings is 1. The summed E-state index contributed by atoms with van der Waals surface area (Å²) >= 11 is 0. The van der Waals surface area contributed by atoms with Crippen LogP contribution in [0.3, 0.4) is 0 Å². The van der Waals surface area contributed by atoms with Gasteiger partial charge in [0.2, 0.25) is 0 Å². The first kappa shape index (κ1) is 10.3. The Kier molecular flexibility index (Phi) is 2.64. The zero-order chi connectivity index (χ0) is 11.5. The van der Waals surface area contributed by atoms with E-state index in [1.807, 2.05) is 24.3 Å². The number of hydrogen-bond acceptors (Lipinski definition) is 3. The topological polar surface area (TPSA) is 68.1 Å². The minimum atomic E-state index is -0.373. The second-order valence-corrected chi connectivity index (χ2v) is 3.42. The van der Waals surface area contributed by atoms with E-state index < -0.39 is 0 Å². The van der Waals surface area contributed by atoms with E-state index in [2.05, 4.69) is 9.72 Å². The van der Waals surface area contributed by atoms with E-state index in [4.69, 9.17) is 5.73 Å². The van der Waals surface area contributed by atoms with Crippen LogP contribution in [-0.2, 0) is 4.74 Å². The zero-order valence-electron chi connectivity index (χ0n) is 8.86. The second kappa shape index (κ2) is 4.10. The summed E-state index contributed by atoms with van der Waals surface area (Å²) in [5.74, 6) is -0.373. The smallest absolute Gasteiger partial charge is 0.354 e. The van der Waals surface area contributed by atoms with E-state index in [9.17, 15) is 4.79 Å². The van der Waals surface area contributed by atoms with Crippen LogP contribution in [0.25, 0.3) is 11.1 Å². The first-order chi connectivity index (χ1) is 7.70. The number of aromatic amines is 1. The summed E-state index contributed by atoms with van der Waals surface area (Å²) in [6, 6.07) is 9.19. The monoisotopic (exact) mass is 216 g/mol. The largest absolute Gasteiger partial charge is 0.464 e. The van der Waals surface area contributed by atoms with Gasteiger partial charge in [0.15, 0.2) is 0 Å². The SMILES string of the molecule is COC(=O)c1cc(-c2ccc(N)cc2)c[nH]1. The van der Waals surface area contributed by atoms with Gasteiger partial charge < -0.3 is 15.5 Å². The van der Waals surface area contributed by atoms with Crippen LogP contribution in [0.1, 0.15) is 10.5 Å². The lowest BCUT2D eigenvalue weighted by Crippen LogP contribution is -2.00. The van der Waals surface area contributed by atoms with Gasteiger partial charge >= 0.3 is 5.97 Å². The average Bonchev–Trinajstić information content (AvgIpc) is 2.78. The van der Waals surface area contributed by atoms with Crippen LogP contribution in [0.15, 0.2) is 36.5 Å². The lowest BCUT2D eigenvalue weighted by atomic mass is 10.1. The Bertz CT molecular complexity index is 500. The molecular weight excluding hydrogens is 204 g/mol. The zero-order valence-corrected chi connectivity index (χ0v) is 8.86. The molecule has 4 nitrogen and oxygen atoms in total. The van der Waals surface area contributed by atoms with Gasteiger partial charge in [0, 0.05) is 11.9 Å². The van der Waals surface area contributed by atoms with Gasteiger partial charge in [0.1, 0.15) is 5.69 Å². The van der Waals surface area contributed by atoms with Gasteiger partial charge in [0.25, 0.3) is 0 Å². The number of H-pyrrole nitrogens is 1. The highest BCUT2D eigenvalue weighted by Crippen LogP contribution is 2.21. The summed E-state index contributed by atoms with van der Waals surface area (Å²) in [4.78, 5) is 14.1. The van der Waals surface area contributed by atoms with E-state index in [1.165, 1.54) is 7.11 Å². The van der Waals surface area contributed by atoms with Crippen molar-refractivity contribution in [1.29, 1.82) is 0 Å². The van der Waals surface area contributed by atoms with Crippen LogP contribution in [0, 0.1) is 0 Å². The number of rotatable bonds is 2. The second-order valence-electron chi connectivity index (χ2n) is 3.42. The van der Waals surface area contributed by atoms with E-state index in [1.54, 1.807) is 12.3 Å². The highest BCUT2D eigenvalue weighted by atomic mass is 16.5. The lowest BCUT2D eigenvalue weighted by Gasteiger charge is -1.97. The van der Waals surface area contributed by atoms with Gasteiger partial charge in [-0.05, 0) is 29.3 Å². The molecule has 0 aliphatic rings. The van der Waals surface area contributed by atoms with E-state index >= 15 is 0 Å². The third-order valence-corrected chi connectivity index (χ3v) is 2.33. The highest BCUT2D eigenvalue weighted by molar-refractivity contribution is 5.89. The van der Waals surface area contributed by atoms with Crippen molar-refractivity contribution in [3.05, 3.63) is 42.2 Å².